The lowest BCUT2D eigenvalue weighted by atomic mass is 9.96. The van der Waals surface area contributed by atoms with Gasteiger partial charge in [0.2, 0.25) is 0 Å². The Bertz CT molecular complexity index is 605. The molecule has 1 aliphatic carbocycles. The summed E-state index contributed by atoms with van der Waals surface area (Å²) in [5, 5.41) is 5.35. The third-order valence-corrected chi connectivity index (χ3v) is 5.77. The van der Waals surface area contributed by atoms with Gasteiger partial charge in [0.1, 0.15) is 0 Å². The third kappa shape index (κ3) is 3.38. The van der Waals surface area contributed by atoms with Crippen LogP contribution < -0.4 is 5.32 Å². The van der Waals surface area contributed by atoms with Crippen LogP contribution in [-0.4, -0.2) is 5.91 Å². The smallest absolute Gasteiger partial charge is 0.252 e. The van der Waals surface area contributed by atoms with Crippen molar-refractivity contribution in [3.8, 4) is 0 Å². The Hall–Kier alpha value is -1.13. The van der Waals surface area contributed by atoms with E-state index in [0.717, 1.165) is 4.47 Å². The SMILES string of the molecule is O=C(NC(c1cccs1)C1CCCC1)c1ccccc1Br. The molecular weight excluding hydrogens is 346 g/mol. The van der Waals surface area contributed by atoms with E-state index in [1.807, 2.05) is 24.3 Å². The number of benzene rings is 1. The molecule has 4 heteroatoms. The highest BCUT2D eigenvalue weighted by Crippen LogP contribution is 2.37. The van der Waals surface area contributed by atoms with Crippen LogP contribution in [0.15, 0.2) is 46.3 Å². The molecule has 1 amide bonds. The molecule has 1 aromatic carbocycles. The zero-order valence-electron chi connectivity index (χ0n) is 11.7. The van der Waals surface area contributed by atoms with E-state index in [9.17, 15) is 4.79 Å². The Balaban J connectivity index is 1.81. The number of nitrogens with one attached hydrogen (secondary N) is 1. The van der Waals surface area contributed by atoms with Gasteiger partial charge in [-0.1, -0.05) is 31.0 Å². The first-order chi connectivity index (χ1) is 10.3. The number of thiophene rings is 1. The fourth-order valence-corrected chi connectivity index (χ4v) is 4.38. The van der Waals surface area contributed by atoms with Crippen LogP contribution in [0.5, 0.6) is 0 Å². The van der Waals surface area contributed by atoms with Crippen LogP contribution in [0, 0.1) is 5.92 Å². The Morgan fingerprint density at radius 3 is 2.62 bits per heavy atom. The number of hydrogen-bond donors (Lipinski definition) is 1. The molecule has 1 N–H and O–H groups in total. The van der Waals surface area contributed by atoms with Gasteiger partial charge in [0.05, 0.1) is 11.6 Å². The monoisotopic (exact) mass is 363 g/mol. The summed E-state index contributed by atoms with van der Waals surface area (Å²) < 4.78 is 0.846. The normalized spacial score (nSPS) is 16.8. The highest BCUT2D eigenvalue weighted by Gasteiger charge is 2.28. The molecule has 0 spiro atoms. The van der Waals surface area contributed by atoms with Gasteiger partial charge in [-0.15, -0.1) is 11.3 Å². The van der Waals surface area contributed by atoms with E-state index < -0.39 is 0 Å². The summed E-state index contributed by atoms with van der Waals surface area (Å²) in [6.07, 6.45) is 4.96. The van der Waals surface area contributed by atoms with Gasteiger partial charge in [-0.05, 0) is 58.3 Å². The van der Waals surface area contributed by atoms with E-state index in [4.69, 9.17) is 0 Å². The molecule has 110 valence electrons. The Labute approximate surface area is 137 Å². The number of halogens is 1. The van der Waals surface area contributed by atoms with Crippen molar-refractivity contribution in [2.45, 2.75) is 31.7 Å². The van der Waals surface area contributed by atoms with Crippen molar-refractivity contribution in [2.75, 3.05) is 0 Å². The summed E-state index contributed by atoms with van der Waals surface area (Å²) in [5.41, 5.74) is 0.706. The average molecular weight is 364 g/mol. The first kappa shape index (κ1) is 14.8. The van der Waals surface area contributed by atoms with Gasteiger partial charge in [0.15, 0.2) is 0 Å². The Kier molecular flexibility index (Phi) is 4.76. The molecule has 0 bridgehead atoms. The Morgan fingerprint density at radius 2 is 1.95 bits per heavy atom. The van der Waals surface area contributed by atoms with Crippen molar-refractivity contribution in [1.82, 2.24) is 5.32 Å². The molecule has 1 fully saturated rings. The van der Waals surface area contributed by atoms with Gasteiger partial charge in [0.25, 0.3) is 5.91 Å². The molecule has 1 unspecified atom stereocenters. The van der Waals surface area contributed by atoms with Crippen molar-refractivity contribution in [1.29, 1.82) is 0 Å². The van der Waals surface area contributed by atoms with Crippen LogP contribution in [-0.2, 0) is 0 Å². The van der Waals surface area contributed by atoms with E-state index in [-0.39, 0.29) is 11.9 Å². The van der Waals surface area contributed by atoms with Crippen molar-refractivity contribution in [3.63, 3.8) is 0 Å². The van der Waals surface area contributed by atoms with E-state index >= 15 is 0 Å². The van der Waals surface area contributed by atoms with Crippen molar-refractivity contribution < 1.29 is 4.79 Å². The topological polar surface area (TPSA) is 29.1 Å². The summed E-state index contributed by atoms with van der Waals surface area (Å²) in [5.74, 6) is 0.572. The molecular formula is C17H18BrNOS. The molecule has 0 aliphatic heterocycles. The predicted molar refractivity (Wildman–Crippen MR) is 90.6 cm³/mol. The van der Waals surface area contributed by atoms with Crippen LogP contribution in [0.1, 0.15) is 47.0 Å². The minimum Gasteiger partial charge on any atom is -0.344 e. The van der Waals surface area contributed by atoms with Gasteiger partial charge in [-0.2, -0.15) is 0 Å². The maximum atomic E-state index is 12.6. The maximum absolute atomic E-state index is 12.6. The van der Waals surface area contributed by atoms with Gasteiger partial charge in [-0.3, -0.25) is 4.79 Å². The quantitative estimate of drug-likeness (QED) is 0.797. The van der Waals surface area contributed by atoms with E-state index in [0.29, 0.717) is 11.5 Å². The molecule has 1 aromatic heterocycles. The summed E-state index contributed by atoms with van der Waals surface area (Å²) >= 11 is 5.19. The Morgan fingerprint density at radius 1 is 1.19 bits per heavy atom. The maximum Gasteiger partial charge on any atom is 0.252 e. The number of carbonyl (C=O) groups excluding carboxylic acids is 1. The zero-order valence-corrected chi connectivity index (χ0v) is 14.1. The molecule has 3 rings (SSSR count). The molecule has 2 aromatic rings. The lowest BCUT2D eigenvalue weighted by molar-refractivity contribution is 0.0922. The van der Waals surface area contributed by atoms with E-state index in [1.54, 1.807) is 11.3 Å². The predicted octanol–water partition coefficient (Wildman–Crippen LogP) is 5.17. The summed E-state index contributed by atoms with van der Waals surface area (Å²) in [6, 6.07) is 11.9. The van der Waals surface area contributed by atoms with Crippen LogP contribution in [0.2, 0.25) is 0 Å². The number of carbonyl (C=O) groups is 1. The highest BCUT2D eigenvalue weighted by molar-refractivity contribution is 9.10. The zero-order chi connectivity index (χ0) is 14.7. The van der Waals surface area contributed by atoms with E-state index in [2.05, 4.69) is 38.8 Å². The number of amides is 1. The van der Waals surface area contributed by atoms with Gasteiger partial charge < -0.3 is 5.32 Å². The molecule has 0 saturated heterocycles. The molecule has 1 heterocycles. The minimum absolute atomic E-state index is 0.00720. The largest absolute Gasteiger partial charge is 0.344 e. The summed E-state index contributed by atoms with van der Waals surface area (Å²) in [6.45, 7) is 0. The second-order valence-corrected chi connectivity index (χ2v) is 7.32. The second kappa shape index (κ2) is 6.75. The lowest BCUT2D eigenvalue weighted by Crippen LogP contribution is -2.32. The first-order valence-electron chi connectivity index (χ1n) is 7.34. The second-order valence-electron chi connectivity index (χ2n) is 5.49. The first-order valence-corrected chi connectivity index (χ1v) is 9.02. The summed E-state index contributed by atoms with van der Waals surface area (Å²) in [4.78, 5) is 13.9. The molecule has 1 aliphatic rings. The molecule has 1 atom stereocenters. The molecule has 0 radical (unpaired) electrons. The van der Waals surface area contributed by atoms with Gasteiger partial charge >= 0.3 is 0 Å². The lowest BCUT2D eigenvalue weighted by Gasteiger charge is -2.24. The average Bonchev–Trinajstić information content (AvgIpc) is 3.18. The van der Waals surface area contributed by atoms with Crippen molar-refractivity contribution in [3.05, 3.63) is 56.7 Å². The highest BCUT2D eigenvalue weighted by atomic mass is 79.9. The number of hydrogen-bond acceptors (Lipinski definition) is 2. The van der Waals surface area contributed by atoms with Crippen LogP contribution >= 0.6 is 27.3 Å². The summed E-state index contributed by atoms with van der Waals surface area (Å²) in [7, 11) is 0. The molecule has 2 nitrogen and oxygen atoms in total. The fraction of sp³-hybridized carbons (Fsp3) is 0.353. The fourth-order valence-electron chi connectivity index (χ4n) is 3.04. The van der Waals surface area contributed by atoms with Crippen LogP contribution in [0.25, 0.3) is 0 Å². The number of rotatable bonds is 4. The van der Waals surface area contributed by atoms with Crippen LogP contribution in [0.3, 0.4) is 0 Å². The standard InChI is InChI=1S/C17H18BrNOS/c18-14-9-4-3-8-13(14)17(20)19-16(12-6-1-2-7-12)15-10-5-11-21-15/h3-5,8-12,16H,1-2,6-7H2,(H,19,20). The van der Waals surface area contributed by atoms with E-state index in [1.165, 1.54) is 30.6 Å². The minimum atomic E-state index is 0.00720. The van der Waals surface area contributed by atoms with Gasteiger partial charge in [0, 0.05) is 9.35 Å². The van der Waals surface area contributed by atoms with Crippen LogP contribution in [0.4, 0.5) is 0 Å². The van der Waals surface area contributed by atoms with Crippen molar-refractivity contribution >= 4 is 33.2 Å². The van der Waals surface area contributed by atoms with Crippen molar-refractivity contribution in [2.24, 2.45) is 5.92 Å². The van der Waals surface area contributed by atoms with Gasteiger partial charge in [-0.25, -0.2) is 0 Å². The molecule has 21 heavy (non-hydrogen) atoms. The molecule has 1 saturated carbocycles. The third-order valence-electron chi connectivity index (χ3n) is 4.13.